The van der Waals surface area contributed by atoms with Gasteiger partial charge in [0.25, 0.3) is 0 Å². The van der Waals surface area contributed by atoms with E-state index < -0.39 is 0 Å². The molecular formula is C8H15N3O. The van der Waals surface area contributed by atoms with E-state index in [1.54, 1.807) is 4.90 Å². The number of carbonyl (C=O) groups is 1. The molecule has 1 heterocycles. The van der Waals surface area contributed by atoms with Crippen molar-refractivity contribution in [3.63, 3.8) is 0 Å². The summed E-state index contributed by atoms with van der Waals surface area (Å²) in [5.41, 5.74) is 5.14. The van der Waals surface area contributed by atoms with Gasteiger partial charge in [0, 0.05) is 26.2 Å². The topological polar surface area (TPSA) is 49.6 Å². The molecule has 0 unspecified atom stereocenters. The number of allylic oxidation sites excluding steroid dienone is 1. The summed E-state index contributed by atoms with van der Waals surface area (Å²) in [6.07, 6.45) is 4.04. The van der Waals surface area contributed by atoms with E-state index in [2.05, 4.69) is 4.90 Å². The molecule has 4 heteroatoms. The van der Waals surface area contributed by atoms with Crippen LogP contribution in [0.2, 0.25) is 0 Å². The largest absolute Gasteiger partial charge is 0.374 e. The van der Waals surface area contributed by atoms with Gasteiger partial charge in [0.15, 0.2) is 0 Å². The molecule has 12 heavy (non-hydrogen) atoms. The first-order valence-corrected chi connectivity index (χ1v) is 4.15. The molecule has 2 amide bonds. The van der Waals surface area contributed by atoms with E-state index in [0.717, 1.165) is 26.2 Å². The van der Waals surface area contributed by atoms with E-state index >= 15 is 0 Å². The van der Waals surface area contributed by atoms with Gasteiger partial charge in [-0.25, -0.2) is 4.79 Å². The number of rotatable bonds is 1. The van der Waals surface area contributed by atoms with E-state index in [4.69, 9.17) is 5.73 Å². The quantitative estimate of drug-likeness (QED) is 0.610. The highest BCUT2D eigenvalue weighted by molar-refractivity contribution is 5.72. The molecule has 4 nitrogen and oxygen atoms in total. The van der Waals surface area contributed by atoms with Crippen molar-refractivity contribution in [2.45, 2.75) is 6.92 Å². The normalized spacial score (nSPS) is 18.8. The van der Waals surface area contributed by atoms with Gasteiger partial charge >= 0.3 is 6.03 Å². The molecule has 1 rings (SSSR count). The highest BCUT2D eigenvalue weighted by Gasteiger charge is 2.16. The highest BCUT2D eigenvalue weighted by atomic mass is 16.2. The lowest BCUT2D eigenvalue weighted by Crippen LogP contribution is -2.48. The molecule has 0 saturated carbocycles. The third-order valence-electron chi connectivity index (χ3n) is 1.99. The van der Waals surface area contributed by atoms with Gasteiger partial charge in [-0.2, -0.15) is 0 Å². The Morgan fingerprint density at radius 2 is 1.92 bits per heavy atom. The Bertz CT molecular complexity index is 183. The SMILES string of the molecule is C/C=C/N1CCN(C(N)=O)CC1. The molecular weight excluding hydrogens is 154 g/mol. The number of carbonyl (C=O) groups excluding carboxylic acids is 1. The summed E-state index contributed by atoms with van der Waals surface area (Å²) >= 11 is 0. The van der Waals surface area contributed by atoms with Gasteiger partial charge in [0.1, 0.15) is 0 Å². The zero-order valence-corrected chi connectivity index (χ0v) is 7.36. The van der Waals surface area contributed by atoms with E-state index in [1.165, 1.54) is 0 Å². The fourth-order valence-electron chi connectivity index (χ4n) is 1.30. The summed E-state index contributed by atoms with van der Waals surface area (Å²) in [4.78, 5) is 14.6. The fourth-order valence-corrected chi connectivity index (χ4v) is 1.30. The minimum atomic E-state index is -0.310. The van der Waals surface area contributed by atoms with Crippen LogP contribution >= 0.6 is 0 Å². The zero-order valence-electron chi connectivity index (χ0n) is 7.36. The molecule has 2 N–H and O–H groups in total. The lowest BCUT2D eigenvalue weighted by molar-refractivity contribution is 0.170. The maximum atomic E-state index is 10.7. The van der Waals surface area contributed by atoms with E-state index in [1.807, 2.05) is 19.2 Å². The third-order valence-corrected chi connectivity index (χ3v) is 1.99. The van der Waals surface area contributed by atoms with Crippen LogP contribution in [-0.2, 0) is 0 Å². The van der Waals surface area contributed by atoms with Crippen molar-refractivity contribution >= 4 is 6.03 Å². The number of hydrogen-bond acceptors (Lipinski definition) is 2. The van der Waals surface area contributed by atoms with Crippen LogP contribution in [0.15, 0.2) is 12.3 Å². The summed E-state index contributed by atoms with van der Waals surface area (Å²) in [5, 5.41) is 0. The van der Waals surface area contributed by atoms with Gasteiger partial charge in [0.05, 0.1) is 0 Å². The molecule has 0 spiro atoms. The van der Waals surface area contributed by atoms with Crippen LogP contribution in [0.25, 0.3) is 0 Å². The van der Waals surface area contributed by atoms with E-state index in [0.29, 0.717) is 0 Å². The maximum Gasteiger partial charge on any atom is 0.314 e. The molecule has 68 valence electrons. The van der Waals surface area contributed by atoms with Crippen molar-refractivity contribution < 1.29 is 4.79 Å². The number of primary amides is 1. The number of hydrogen-bond donors (Lipinski definition) is 1. The predicted octanol–water partition coefficient (Wildman–Crippen LogP) is 0.216. The van der Waals surface area contributed by atoms with Crippen molar-refractivity contribution in [2.24, 2.45) is 5.73 Å². The maximum absolute atomic E-state index is 10.7. The van der Waals surface area contributed by atoms with Crippen molar-refractivity contribution in [3.8, 4) is 0 Å². The zero-order chi connectivity index (χ0) is 8.97. The van der Waals surface area contributed by atoms with Crippen molar-refractivity contribution in [1.29, 1.82) is 0 Å². The monoisotopic (exact) mass is 169 g/mol. The second-order valence-electron chi connectivity index (χ2n) is 2.84. The Morgan fingerprint density at radius 3 is 2.33 bits per heavy atom. The van der Waals surface area contributed by atoms with Crippen LogP contribution in [0.1, 0.15) is 6.92 Å². The van der Waals surface area contributed by atoms with Crippen molar-refractivity contribution in [1.82, 2.24) is 9.80 Å². The Hall–Kier alpha value is -1.19. The van der Waals surface area contributed by atoms with Crippen LogP contribution in [0.3, 0.4) is 0 Å². The van der Waals surface area contributed by atoms with Gasteiger partial charge in [0.2, 0.25) is 0 Å². The molecule has 1 fully saturated rings. The fraction of sp³-hybridized carbons (Fsp3) is 0.625. The van der Waals surface area contributed by atoms with E-state index in [-0.39, 0.29) is 6.03 Å². The number of nitrogens with two attached hydrogens (primary N) is 1. The first-order chi connectivity index (χ1) is 5.74. The summed E-state index contributed by atoms with van der Waals surface area (Å²) < 4.78 is 0. The van der Waals surface area contributed by atoms with Crippen molar-refractivity contribution in [2.75, 3.05) is 26.2 Å². The van der Waals surface area contributed by atoms with E-state index in [9.17, 15) is 4.79 Å². The molecule has 0 aromatic carbocycles. The molecule has 0 atom stereocenters. The second kappa shape index (κ2) is 3.99. The van der Waals surface area contributed by atoms with Crippen LogP contribution in [0.5, 0.6) is 0 Å². The summed E-state index contributed by atoms with van der Waals surface area (Å²) in [5.74, 6) is 0. The molecule has 0 bridgehead atoms. The first-order valence-electron chi connectivity index (χ1n) is 4.15. The second-order valence-corrected chi connectivity index (χ2v) is 2.84. The average molecular weight is 169 g/mol. The third kappa shape index (κ3) is 2.15. The van der Waals surface area contributed by atoms with Crippen molar-refractivity contribution in [3.05, 3.63) is 12.3 Å². The van der Waals surface area contributed by atoms with Crippen LogP contribution in [0, 0.1) is 0 Å². The highest BCUT2D eigenvalue weighted by Crippen LogP contribution is 2.01. The van der Waals surface area contributed by atoms with Gasteiger partial charge in [-0.15, -0.1) is 0 Å². The number of nitrogens with zero attached hydrogens (tertiary/aromatic N) is 2. The summed E-state index contributed by atoms with van der Waals surface area (Å²) in [6, 6.07) is -0.310. The van der Waals surface area contributed by atoms with Gasteiger partial charge < -0.3 is 15.5 Å². The Labute approximate surface area is 72.6 Å². The number of piperazine rings is 1. The number of urea groups is 1. The Balaban J connectivity index is 2.34. The Kier molecular flexibility index (Phi) is 2.96. The lowest BCUT2D eigenvalue weighted by atomic mass is 10.3. The van der Waals surface area contributed by atoms with Crippen LogP contribution in [0.4, 0.5) is 4.79 Å². The molecule has 1 aliphatic rings. The van der Waals surface area contributed by atoms with Gasteiger partial charge in [-0.05, 0) is 13.1 Å². The average Bonchev–Trinajstić information content (AvgIpc) is 2.06. The molecule has 0 aromatic rings. The van der Waals surface area contributed by atoms with Crippen LogP contribution in [-0.4, -0.2) is 42.0 Å². The van der Waals surface area contributed by atoms with Gasteiger partial charge in [-0.1, -0.05) is 6.08 Å². The van der Waals surface area contributed by atoms with Crippen LogP contribution < -0.4 is 5.73 Å². The van der Waals surface area contributed by atoms with Gasteiger partial charge in [-0.3, -0.25) is 0 Å². The molecule has 0 aliphatic carbocycles. The number of amides is 2. The molecule has 1 saturated heterocycles. The summed E-state index contributed by atoms with van der Waals surface area (Å²) in [7, 11) is 0. The Morgan fingerprint density at radius 1 is 1.33 bits per heavy atom. The molecule has 0 aromatic heterocycles. The first kappa shape index (κ1) is 8.90. The smallest absolute Gasteiger partial charge is 0.314 e. The molecule has 0 radical (unpaired) electrons. The lowest BCUT2D eigenvalue weighted by Gasteiger charge is -2.32. The summed E-state index contributed by atoms with van der Waals surface area (Å²) in [6.45, 7) is 5.22. The minimum absolute atomic E-state index is 0.310. The standard InChI is InChI=1S/C8H15N3O/c1-2-3-10-4-6-11(7-5-10)8(9)12/h2-3H,4-7H2,1H3,(H2,9,12)/b3-2+. The molecule has 1 aliphatic heterocycles. The predicted molar refractivity (Wildman–Crippen MR) is 47.5 cm³/mol. The minimum Gasteiger partial charge on any atom is -0.374 e.